The average molecular weight is 279 g/mol. The summed E-state index contributed by atoms with van der Waals surface area (Å²) < 4.78 is 5.45. The highest BCUT2D eigenvalue weighted by atomic mass is 32.1. The molecule has 2 rings (SSSR count). The van der Waals surface area contributed by atoms with Gasteiger partial charge in [0.15, 0.2) is 0 Å². The highest BCUT2D eigenvalue weighted by molar-refractivity contribution is 7.10. The van der Waals surface area contributed by atoms with Gasteiger partial charge in [-0.3, -0.25) is 4.79 Å². The molecule has 4 nitrogen and oxygen atoms in total. The molecule has 1 aliphatic heterocycles. The van der Waals surface area contributed by atoms with E-state index in [1.165, 1.54) is 11.3 Å². The first-order valence-electron chi connectivity index (χ1n) is 6.29. The summed E-state index contributed by atoms with van der Waals surface area (Å²) in [5.41, 5.74) is 0.631. The predicted molar refractivity (Wildman–Crippen MR) is 74.2 cm³/mol. The van der Waals surface area contributed by atoms with Gasteiger partial charge in [-0.2, -0.15) is 0 Å². The van der Waals surface area contributed by atoms with Crippen LogP contribution in [0.25, 0.3) is 0 Å². The molecule has 0 bridgehead atoms. The number of hydrogen-bond acceptors (Lipinski definition) is 4. The second kappa shape index (κ2) is 6.71. The van der Waals surface area contributed by atoms with Crippen molar-refractivity contribution in [3.05, 3.63) is 21.9 Å². The zero-order valence-corrected chi connectivity index (χ0v) is 11.6. The van der Waals surface area contributed by atoms with E-state index in [0.717, 1.165) is 17.7 Å². The minimum Gasteiger partial charge on any atom is -0.384 e. The van der Waals surface area contributed by atoms with Gasteiger partial charge in [0.1, 0.15) is 6.61 Å². The Morgan fingerprint density at radius 3 is 3.26 bits per heavy atom. The lowest BCUT2D eigenvalue weighted by atomic mass is 10.0. The van der Waals surface area contributed by atoms with Gasteiger partial charge in [0.2, 0.25) is 0 Å². The van der Waals surface area contributed by atoms with Crippen LogP contribution in [0.3, 0.4) is 0 Å². The second-order valence-electron chi connectivity index (χ2n) is 4.54. The topological polar surface area (TPSA) is 58.6 Å². The van der Waals surface area contributed by atoms with E-state index in [9.17, 15) is 4.79 Å². The van der Waals surface area contributed by atoms with Crippen molar-refractivity contribution in [2.24, 2.45) is 0 Å². The molecule has 19 heavy (non-hydrogen) atoms. The van der Waals surface area contributed by atoms with Crippen LogP contribution in [0.2, 0.25) is 0 Å². The molecule has 102 valence electrons. The van der Waals surface area contributed by atoms with Gasteiger partial charge in [0.05, 0.1) is 16.5 Å². The summed E-state index contributed by atoms with van der Waals surface area (Å²) in [5, 5.41) is 13.4. The van der Waals surface area contributed by atoms with Crippen molar-refractivity contribution in [1.82, 2.24) is 5.32 Å². The molecule has 0 spiro atoms. The van der Waals surface area contributed by atoms with Crippen LogP contribution in [-0.2, 0) is 4.74 Å². The van der Waals surface area contributed by atoms with Crippen molar-refractivity contribution >= 4 is 17.2 Å². The highest BCUT2D eigenvalue weighted by Crippen LogP contribution is 2.16. The van der Waals surface area contributed by atoms with Gasteiger partial charge in [-0.05, 0) is 25.8 Å². The van der Waals surface area contributed by atoms with Gasteiger partial charge in [-0.25, -0.2) is 0 Å². The van der Waals surface area contributed by atoms with Crippen LogP contribution in [0.4, 0.5) is 0 Å². The highest BCUT2D eigenvalue weighted by Gasteiger charge is 2.21. The first-order chi connectivity index (χ1) is 9.19. The molecule has 1 amide bonds. The van der Waals surface area contributed by atoms with Crippen molar-refractivity contribution < 1.29 is 14.6 Å². The van der Waals surface area contributed by atoms with Crippen LogP contribution in [0, 0.1) is 11.8 Å². The van der Waals surface area contributed by atoms with Gasteiger partial charge >= 0.3 is 0 Å². The molecular weight excluding hydrogens is 262 g/mol. The van der Waals surface area contributed by atoms with E-state index in [0.29, 0.717) is 12.2 Å². The molecule has 5 heteroatoms. The molecule has 2 heterocycles. The number of hydrogen-bond donors (Lipinski definition) is 2. The minimum absolute atomic E-state index is 0.0626. The number of rotatable bonds is 2. The number of carbonyl (C=O) groups is 1. The lowest BCUT2D eigenvalue weighted by molar-refractivity contribution is 0.0136. The summed E-state index contributed by atoms with van der Waals surface area (Å²) >= 11 is 1.41. The Morgan fingerprint density at radius 2 is 2.53 bits per heavy atom. The number of aliphatic hydroxyl groups is 1. The molecule has 2 atom stereocenters. The van der Waals surface area contributed by atoms with Crippen LogP contribution >= 0.6 is 11.3 Å². The van der Waals surface area contributed by atoms with E-state index in [4.69, 9.17) is 9.84 Å². The maximum absolute atomic E-state index is 12.1. The molecule has 0 radical (unpaired) electrons. The second-order valence-corrected chi connectivity index (χ2v) is 5.45. The molecule has 1 aromatic rings. The maximum Gasteiger partial charge on any atom is 0.252 e. The van der Waals surface area contributed by atoms with E-state index in [2.05, 4.69) is 17.2 Å². The molecule has 0 aromatic carbocycles. The average Bonchev–Trinajstić information content (AvgIpc) is 2.85. The lowest BCUT2D eigenvalue weighted by Gasteiger charge is -2.27. The molecular formula is C14H17NO3S. The minimum atomic E-state index is -0.167. The quantitative estimate of drug-likeness (QED) is 0.804. The summed E-state index contributed by atoms with van der Waals surface area (Å²) in [5.74, 6) is 5.31. The normalized spacial score (nSPS) is 22.4. The fraction of sp³-hybridized carbons (Fsp3) is 0.500. The molecule has 1 saturated heterocycles. The maximum atomic E-state index is 12.1. The van der Waals surface area contributed by atoms with Gasteiger partial charge in [0.25, 0.3) is 5.91 Å². The molecule has 1 aliphatic rings. The first-order valence-corrected chi connectivity index (χ1v) is 7.17. The van der Waals surface area contributed by atoms with E-state index >= 15 is 0 Å². The Labute approximate surface area is 116 Å². The van der Waals surface area contributed by atoms with Crippen molar-refractivity contribution in [2.45, 2.75) is 31.9 Å². The van der Waals surface area contributed by atoms with Gasteiger partial charge in [-0.15, -0.1) is 11.3 Å². The van der Waals surface area contributed by atoms with Crippen molar-refractivity contribution in [3.63, 3.8) is 0 Å². The van der Waals surface area contributed by atoms with E-state index in [1.807, 2.05) is 6.92 Å². The molecule has 2 unspecified atom stereocenters. The third kappa shape index (κ3) is 4.06. The predicted octanol–water partition coefficient (Wildman–Crippen LogP) is 1.39. The molecule has 1 fully saturated rings. The summed E-state index contributed by atoms with van der Waals surface area (Å²) in [7, 11) is 0. The monoisotopic (exact) mass is 279 g/mol. The Morgan fingerprint density at radius 1 is 1.68 bits per heavy atom. The fourth-order valence-corrected chi connectivity index (χ4v) is 2.80. The third-order valence-corrected chi connectivity index (χ3v) is 3.82. The van der Waals surface area contributed by atoms with Crippen LogP contribution in [-0.4, -0.2) is 36.4 Å². The van der Waals surface area contributed by atoms with Crippen LogP contribution in [0.5, 0.6) is 0 Å². The summed E-state index contributed by atoms with van der Waals surface area (Å²) in [6, 6.07) is 1.94. The smallest absolute Gasteiger partial charge is 0.252 e. The van der Waals surface area contributed by atoms with Crippen LogP contribution in [0.15, 0.2) is 11.4 Å². The Hall–Kier alpha value is -1.35. The summed E-state index contributed by atoms with van der Waals surface area (Å²) in [4.78, 5) is 12.9. The van der Waals surface area contributed by atoms with E-state index < -0.39 is 0 Å². The third-order valence-electron chi connectivity index (χ3n) is 2.97. The van der Waals surface area contributed by atoms with Crippen molar-refractivity contribution in [1.29, 1.82) is 0 Å². The van der Waals surface area contributed by atoms with E-state index in [1.54, 1.807) is 11.4 Å². The molecule has 1 aromatic heterocycles. The zero-order valence-electron chi connectivity index (χ0n) is 10.8. The van der Waals surface area contributed by atoms with Crippen LogP contribution in [0.1, 0.15) is 35.0 Å². The SMILES string of the molecule is CC1CC(NC(=O)c2csc(C#CCO)c2)CCO1. The van der Waals surface area contributed by atoms with Crippen LogP contribution < -0.4 is 5.32 Å². The molecule has 0 aliphatic carbocycles. The number of thiophene rings is 1. The van der Waals surface area contributed by atoms with Crippen molar-refractivity contribution in [3.8, 4) is 11.8 Å². The number of nitrogens with one attached hydrogen (secondary N) is 1. The van der Waals surface area contributed by atoms with E-state index in [-0.39, 0.29) is 24.7 Å². The zero-order chi connectivity index (χ0) is 13.7. The van der Waals surface area contributed by atoms with Gasteiger partial charge < -0.3 is 15.2 Å². The van der Waals surface area contributed by atoms with Crippen molar-refractivity contribution in [2.75, 3.05) is 13.2 Å². The lowest BCUT2D eigenvalue weighted by Crippen LogP contribution is -2.41. The number of amides is 1. The largest absolute Gasteiger partial charge is 0.384 e. The Bertz CT molecular complexity index is 500. The standard InChI is InChI=1S/C14H17NO3S/c1-10-7-12(4-6-18-10)15-14(17)11-8-13(19-9-11)3-2-5-16/h8-10,12,16H,4-7H2,1H3,(H,15,17). The van der Waals surface area contributed by atoms with Gasteiger partial charge in [-0.1, -0.05) is 11.8 Å². The molecule has 2 N–H and O–H groups in total. The summed E-state index contributed by atoms with van der Waals surface area (Å²) in [6.45, 7) is 2.55. The summed E-state index contributed by atoms with van der Waals surface area (Å²) in [6.07, 6.45) is 1.91. The van der Waals surface area contributed by atoms with Gasteiger partial charge in [0, 0.05) is 18.0 Å². The molecule has 0 saturated carbocycles. The number of carbonyl (C=O) groups excluding carboxylic acids is 1. The Balaban J connectivity index is 1.94. The number of ether oxygens (including phenoxy) is 1. The Kier molecular flexibility index (Phi) is 4.97. The first kappa shape index (κ1) is 14.1. The fourth-order valence-electron chi connectivity index (χ4n) is 2.05. The number of aliphatic hydroxyl groups excluding tert-OH is 1.